The molecule has 0 spiro atoms. The van der Waals surface area contributed by atoms with E-state index in [4.69, 9.17) is 4.74 Å². The summed E-state index contributed by atoms with van der Waals surface area (Å²) < 4.78 is 8.69. The summed E-state index contributed by atoms with van der Waals surface area (Å²) >= 11 is 3.44. The summed E-state index contributed by atoms with van der Waals surface area (Å²) in [6.07, 6.45) is 9.18. The molecule has 0 aliphatic heterocycles. The highest BCUT2D eigenvalue weighted by molar-refractivity contribution is 9.10. The van der Waals surface area contributed by atoms with Gasteiger partial charge in [-0.05, 0) is 84.5 Å². The van der Waals surface area contributed by atoms with Crippen molar-refractivity contribution in [2.24, 2.45) is 0 Å². The summed E-state index contributed by atoms with van der Waals surface area (Å²) in [7, 11) is 0. The zero-order valence-corrected chi connectivity index (χ0v) is 28.0. The maximum absolute atomic E-state index is 12.9. The highest BCUT2D eigenvalue weighted by Gasteiger charge is 2.17. The second-order valence-electron chi connectivity index (χ2n) is 10.2. The van der Waals surface area contributed by atoms with E-state index < -0.39 is 0 Å². The molecule has 0 aliphatic rings. The van der Waals surface area contributed by atoms with Crippen molar-refractivity contribution in [3.63, 3.8) is 0 Å². The quantitative estimate of drug-likeness (QED) is 0.0716. The van der Waals surface area contributed by atoms with Gasteiger partial charge in [-0.25, -0.2) is 4.79 Å². The van der Waals surface area contributed by atoms with E-state index in [9.17, 15) is 9.59 Å². The van der Waals surface area contributed by atoms with Crippen molar-refractivity contribution in [3.05, 3.63) is 136 Å². The number of allylic oxidation sites excluding steroid dienone is 3. The van der Waals surface area contributed by atoms with Crippen LogP contribution in [0.4, 0.5) is 0 Å². The number of nitrogens with one attached hydrogen (secondary N) is 1. The number of aryl methyl sites for hydroxylation is 1. The predicted molar refractivity (Wildman–Crippen MR) is 187 cm³/mol. The number of nitrogens with zero attached hydrogens (tertiary/aromatic N) is 1. The third-order valence-electron chi connectivity index (χ3n) is 7.14. The molecule has 1 N–H and O–H groups in total. The summed E-state index contributed by atoms with van der Waals surface area (Å²) in [5, 5.41) is 4.07. The number of unbranched alkanes of at least 4 members (excludes halogenated alkanes) is 1. The molecule has 0 unspecified atom stereocenters. The van der Waals surface area contributed by atoms with E-state index in [1.807, 2.05) is 81.4 Å². The second kappa shape index (κ2) is 17.2. The average Bonchev–Trinajstić information content (AvgIpc) is 3.36. The molecule has 0 aliphatic carbocycles. The van der Waals surface area contributed by atoms with Gasteiger partial charge in [0.25, 0.3) is 5.91 Å². The molecule has 3 aromatic carbocycles. The third-order valence-corrected chi connectivity index (χ3v) is 7.67. The first-order valence-corrected chi connectivity index (χ1v) is 16.0. The van der Waals surface area contributed by atoms with Gasteiger partial charge in [-0.3, -0.25) is 4.79 Å². The first-order chi connectivity index (χ1) is 21.3. The number of hydrogen-bond donors (Lipinski definition) is 1. The zero-order chi connectivity index (χ0) is 32.1. The molecule has 4 rings (SSSR count). The van der Waals surface area contributed by atoms with Gasteiger partial charge in [0.2, 0.25) is 0 Å². The number of carbonyl (C=O) groups is 2. The van der Waals surface area contributed by atoms with E-state index in [0.29, 0.717) is 30.8 Å². The van der Waals surface area contributed by atoms with E-state index in [0.717, 1.165) is 56.0 Å². The molecule has 0 radical (unpaired) electrons. The van der Waals surface area contributed by atoms with Crippen LogP contribution in [0.1, 0.15) is 73.1 Å². The molecular weight excluding hydrogens is 612 g/mol. The minimum Gasteiger partial charge on any atom is -0.462 e. The first kappa shape index (κ1) is 34.3. The lowest BCUT2D eigenvalue weighted by molar-refractivity contribution is -0.138. The van der Waals surface area contributed by atoms with E-state index in [1.165, 1.54) is 0 Å². The van der Waals surface area contributed by atoms with Crippen molar-refractivity contribution in [2.45, 2.75) is 60.5 Å². The molecule has 0 bridgehead atoms. The first-order valence-electron chi connectivity index (χ1n) is 15.2. The Morgan fingerprint density at radius 1 is 0.977 bits per heavy atom. The molecule has 0 atom stereocenters. The van der Waals surface area contributed by atoms with Gasteiger partial charge >= 0.3 is 5.97 Å². The van der Waals surface area contributed by atoms with Crippen molar-refractivity contribution in [1.82, 2.24) is 9.88 Å². The molecule has 0 saturated heterocycles. The van der Waals surface area contributed by atoms with E-state index in [-0.39, 0.29) is 11.9 Å². The number of amides is 1. The number of benzene rings is 3. The molecule has 1 aromatic heterocycles. The van der Waals surface area contributed by atoms with Crippen LogP contribution < -0.4 is 5.32 Å². The van der Waals surface area contributed by atoms with Gasteiger partial charge in [-0.1, -0.05) is 98.3 Å². The number of rotatable bonds is 12. The Balaban J connectivity index is 0.00000259. The average molecular weight is 656 g/mol. The van der Waals surface area contributed by atoms with Crippen LogP contribution in [-0.4, -0.2) is 23.1 Å². The van der Waals surface area contributed by atoms with Crippen LogP contribution in [0, 0.1) is 6.92 Å². The maximum atomic E-state index is 12.9. The Morgan fingerprint density at radius 3 is 2.27 bits per heavy atom. The molecule has 0 saturated carbocycles. The molecule has 6 heteroatoms. The van der Waals surface area contributed by atoms with Crippen LogP contribution in [0.25, 0.3) is 16.5 Å². The van der Waals surface area contributed by atoms with Gasteiger partial charge in [0.1, 0.15) is 0 Å². The lowest BCUT2D eigenvalue weighted by Crippen LogP contribution is -2.22. The second-order valence-corrected chi connectivity index (χ2v) is 11.1. The molecular formula is C38H43BrN2O3. The molecule has 44 heavy (non-hydrogen) atoms. The van der Waals surface area contributed by atoms with Crippen molar-refractivity contribution in [1.29, 1.82) is 0 Å². The molecule has 1 heterocycles. The van der Waals surface area contributed by atoms with Gasteiger partial charge in [0.15, 0.2) is 0 Å². The van der Waals surface area contributed by atoms with Gasteiger partial charge < -0.3 is 14.6 Å². The minimum atomic E-state index is -0.337. The van der Waals surface area contributed by atoms with E-state index in [2.05, 4.69) is 64.6 Å². The fraction of sp³-hybridized carbons (Fsp3) is 0.263. The number of hydrogen-bond acceptors (Lipinski definition) is 3. The van der Waals surface area contributed by atoms with Crippen LogP contribution in [0.2, 0.25) is 0 Å². The number of halogens is 1. The number of ether oxygens (including phenoxy) is 1. The fourth-order valence-corrected chi connectivity index (χ4v) is 5.13. The van der Waals surface area contributed by atoms with Gasteiger partial charge in [-0.2, -0.15) is 0 Å². The largest absolute Gasteiger partial charge is 0.462 e. The summed E-state index contributed by atoms with van der Waals surface area (Å²) in [4.78, 5) is 25.7. The number of fused-ring (bicyclic) bond motifs is 1. The molecule has 1 amide bonds. The van der Waals surface area contributed by atoms with E-state index >= 15 is 0 Å². The molecule has 4 aromatic rings. The summed E-state index contributed by atoms with van der Waals surface area (Å²) in [5.41, 5.74) is 7.25. The predicted octanol–water partition coefficient (Wildman–Crippen LogP) is 9.58. The van der Waals surface area contributed by atoms with Crippen LogP contribution in [-0.2, 0) is 22.6 Å². The smallest absolute Gasteiger partial charge is 0.338 e. The van der Waals surface area contributed by atoms with Gasteiger partial charge in [0, 0.05) is 40.2 Å². The standard InChI is InChI=1S/C36H37BrN2O3.C2H6/c1-5-8-20-42-36(41)32(9-6-2)31(7-3)28-14-10-27(11-15-28)24-39-23-25(4)33-21-29(16-19-34(33)39)35(40)38-22-26-12-17-30(37)18-13-26;1-2/h6-7,9-19,21,23H,2,5,8,20,22,24H2,1,3-4H3,(H,38,40);1-2H3/b31-7-,32-9+;. The monoisotopic (exact) mass is 654 g/mol. The number of carbonyl (C=O) groups excluding carboxylic acids is 2. The zero-order valence-electron chi connectivity index (χ0n) is 26.5. The normalized spacial score (nSPS) is 11.5. The summed E-state index contributed by atoms with van der Waals surface area (Å²) in [6, 6.07) is 22.0. The third kappa shape index (κ3) is 8.93. The number of aromatic nitrogens is 1. The van der Waals surface area contributed by atoms with Crippen LogP contribution >= 0.6 is 15.9 Å². The van der Waals surface area contributed by atoms with Gasteiger partial charge in [-0.15, -0.1) is 0 Å². The van der Waals surface area contributed by atoms with Crippen LogP contribution in [0.15, 0.2) is 108 Å². The lowest BCUT2D eigenvalue weighted by atomic mass is 9.96. The molecule has 0 fully saturated rings. The van der Waals surface area contributed by atoms with E-state index in [1.54, 1.807) is 12.2 Å². The van der Waals surface area contributed by atoms with Crippen molar-refractivity contribution < 1.29 is 14.3 Å². The maximum Gasteiger partial charge on any atom is 0.338 e. The molecule has 230 valence electrons. The summed E-state index contributed by atoms with van der Waals surface area (Å²) in [5.74, 6) is -0.433. The Bertz CT molecular complexity index is 1630. The molecule has 5 nitrogen and oxygen atoms in total. The lowest BCUT2D eigenvalue weighted by Gasteiger charge is -2.13. The van der Waals surface area contributed by atoms with Crippen molar-refractivity contribution >= 4 is 44.3 Å². The highest BCUT2D eigenvalue weighted by atomic mass is 79.9. The Morgan fingerprint density at radius 2 is 1.64 bits per heavy atom. The topological polar surface area (TPSA) is 60.3 Å². The Kier molecular flexibility index (Phi) is 13.4. The van der Waals surface area contributed by atoms with Crippen LogP contribution in [0.5, 0.6) is 0 Å². The number of esters is 1. The van der Waals surface area contributed by atoms with Crippen molar-refractivity contribution in [2.75, 3.05) is 6.61 Å². The van der Waals surface area contributed by atoms with Gasteiger partial charge in [0.05, 0.1) is 12.2 Å². The fourth-order valence-electron chi connectivity index (χ4n) is 4.87. The minimum absolute atomic E-state index is 0.0959. The van der Waals surface area contributed by atoms with Crippen LogP contribution in [0.3, 0.4) is 0 Å². The highest BCUT2D eigenvalue weighted by Crippen LogP contribution is 2.27. The SMILES string of the molecule is C=C/C=C(C(=O)OCCCC)\C(=C/C)c1ccc(Cn2cc(C)c3cc(C(=O)NCc4ccc(Br)cc4)ccc32)cc1.CC. The summed E-state index contributed by atoms with van der Waals surface area (Å²) in [6.45, 7) is 15.4. The Labute approximate surface area is 270 Å². The Hall–Kier alpha value is -4.16. The van der Waals surface area contributed by atoms with Crippen molar-refractivity contribution in [3.8, 4) is 0 Å².